The third-order valence-corrected chi connectivity index (χ3v) is 13.9. The van der Waals surface area contributed by atoms with Crippen LogP contribution in [0, 0.1) is 24.3 Å². The summed E-state index contributed by atoms with van der Waals surface area (Å²) in [5.41, 5.74) is 15.3. The summed E-state index contributed by atoms with van der Waals surface area (Å²) in [5.74, 6) is 0. The lowest BCUT2D eigenvalue weighted by Gasteiger charge is -2.28. The third-order valence-electron chi connectivity index (χ3n) is 13.9. The molecule has 0 aliphatic carbocycles. The predicted octanol–water partition coefficient (Wildman–Crippen LogP) is 19.1. The molecule has 0 saturated carbocycles. The number of nitrogens with zero attached hydrogens (tertiary/aromatic N) is 2. The van der Waals surface area contributed by atoms with Crippen LogP contribution in [-0.4, -0.2) is 0 Å². The molecule has 0 N–H and O–H groups in total. The zero-order chi connectivity index (χ0) is 47.8. The summed E-state index contributed by atoms with van der Waals surface area (Å²) in [4.78, 5) is 4.68. The van der Waals surface area contributed by atoms with Gasteiger partial charge in [0.15, 0.2) is 0 Å². The highest BCUT2D eigenvalue weighted by Gasteiger charge is 2.24. The van der Waals surface area contributed by atoms with Gasteiger partial charge in [-0.2, -0.15) is 0 Å². The van der Waals surface area contributed by atoms with Gasteiger partial charge < -0.3 is 9.80 Å². The summed E-state index contributed by atoms with van der Waals surface area (Å²) >= 11 is 0. The Bertz CT molecular complexity index is 3780. The first kappa shape index (κ1) is 42.3. The van der Waals surface area contributed by atoms with Gasteiger partial charge in [0.25, 0.3) is 0 Å². The summed E-state index contributed by atoms with van der Waals surface area (Å²) in [6, 6.07) is 110. The molecule has 72 heavy (non-hydrogen) atoms. The molecule has 0 atom stereocenters. The summed E-state index contributed by atoms with van der Waals surface area (Å²) in [6.45, 7) is 0. The van der Waals surface area contributed by atoms with Gasteiger partial charge >= 0.3 is 0 Å². The Morgan fingerprint density at radius 2 is 0.792 bits per heavy atom. The second-order valence-electron chi connectivity index (χ2n) is 18.1. The van der Waals surface area contributed by atoms with Gasteiger partial charge in [-0.05, 0) is 174 Å². The van der Waals surface area contributed by atoms with Gasteiger partial charge in [0.1, 0.15) is 0 Å². The molecule has 0 aromatic heterocycles. The largest absolute Gasteiger partial charge is 0.310 e. The van der Waals surface area contributed by atoms with Crippen LogP contribution in [0.1, 0.15) is 0 Å². The van der Waals surface area contributed by atoms with Crippen LogP contribution in [-0.2, 0) is 0 Å². The van der Waals surface area contributed by atoms with E-state index in [9.17, 15) is 0 Å². The second kappa shape index (κ2) is 18.2. The maximum atomic E-state index is 3.58. The van der Waals surface area contributed by atoms with E-state index in [0.717, 1.165) is 88.7 Å². The Morgan fingerprint density at radius 1 is 0.278 bits per heavy atom. The zero-order valence-electron chi connectivity index (χ0n) is 39.3. The highest BCUT2D eigenvalue weighted by Crippen LogP contribution is 2.50. The molecule has 0 spiro atoms. The molecule has 0 fully saturated rings. The molecule has 0 bridgehead atoms. The third kappa shape index (κ3) is 7.62. The Morgan fingerprint density at radius 3 is 1.44 bits per heavy atom. The monoisotopic (exact) mass is 912 g/mol. The number of anilines is 6. The number of para-hydroxylation sites is 2. The number of benzene rings is 11. The molecular weight excluding hydrogens is 869 g/mol. The molecule has 2 nitrogen and oxygen atoms in total. The molecule has 0 amide bonds. The molecule has 0 aliphatic heterocycles. The molecule has 13 rings (SSSR count). The van der Waals surface area contributed by atoms with Crippen LogP contribution in [0.3, 0.4) is 0 Å². The Labute approximate surface area is 420 Å². The van der Waals surface area contributed by atoms with E-state index in [1.807, 2.05) is 12.1 Å². The fourth-order valence-corrected chi connectivity index (χ4v) is 10.6. The van der Waals surface area contributed by atoms with E-state index >= 15 is 0 Å². The normalized spacial score (nSPS) is 11.1. The SMILES string of the molecule is c1ccc2c(-c3c4cc(N(c5ccccc5)c5ccc(-c6ccccc6)cc5)ccc4c(-c4cccc5ccccc45)c4cc(N(c5c#cc(-c6ccccc6)cc5)c5ccccc5)ccc34)cccc2c#1. The molecule has 2 heteroatoms. The van der Waals surface area contributed by atoms with Crippen molar-refractivity contribution >= 4 is 77.2 Å². The first-order chi connectivity index (χ1) is 35.7. The van der Waals surface area contributed by atoms with Gasteiger partial charge in [-0.3, -0.25) is 0 Å². The van der Waals surface area contributed by atoms with Gasteiger partial charge in [0, 0.05) is 39.4 Å². The molecule has 13 aromatic carbocycles. The van der Waals surface area contributed by atoms with Crippen LogP contribution < -0.4 is 9.80 Å². The Balaban J connectivity index is 1.11. The smallest absolute Gasteiger partial charge is 0.0973 e. The van der Waals surface area contributed by atoms with Gasteiger partial charge in [-0.1, -0.05) is 194 Å². The van der Waals surface area contributed by atoms with Crippen molar-refractivity contribution in [3.05, 3.63) is 291 Å². The van der Waals surface area contributed by atoms with Crippen LogP contribution >= 0.6 is 0 Å². The molecule has 334 valence electrons. The quantitative estimate of drug-likeness (QED) is 0.126. The van der Waals surface area contributed by atoms with E-state index in [2.05, 4.69) is 289 Å². The summed E-state index contributed by atoms with van der Waals surface area (Å²) in [5, 5.41) is 9.13. The topological polar surface area (TPSA) is 6.48 Å². The maximum absolute atomic E-state index is 3.58. The number of fused-ring (bicyclic) bond motifs is 4. The maximum Gasteiger partial charge on any atom is 0.0973 e. The highest BCUT2D eigenvalue weighted by atomic mass is 15.1. The van der Waals surface area contributed by atoms with Crippen molar-refractivity contribution in [3.63, 3.8) is 0 Å². The van der Waals surface area contributed by atoms with Gasteiger partial charge in [0.2, 0.25) is 0 Å². The highest BCUT2D eigenvalue weighted by molar-refractivity contribution is 6.26. The standard InChI is InChI=1S/C70H44N2/c1-5-19-49(20-6-1)51-35-39-57(40-36-51)71(55-27-9-3-10-28-55)59-43-45-65-67(47-59)69(63-33-17-25-53-23-13-15-31-61(53)63)66-46-44-60(48-68(66)70(65)64-34-18-26-54-24-14-16-32-62(54)64)72(56-29-11-4-12-30-56)58-41-37-52(38-42-58)50-21-7-2-8-22-50/h1-13,15-23,25-35,37-39,41-48H. The lowest BCUT2D eigenvalue weighted by atomic mass is 9.83. The first-order valence-corrected chi connectivity index (χ1v) is 24.4. The van der Waals surface area contributed by atoms with Crippen molar-refractivity contribution in [2.24, 2.45) is 0 Å². The van der Waals surface area contributed by atoms with Gasteiger partial charge in [-0.15, -0.1) is 0 Å². The van der Waals surface area contributed by atoms with Crippen LogP contribution in [0.15, 0.2) is 267 Å². The van der Waals surface area contributed by atoms with Crippen molar-refractivity contribution in [3.8, 4) is 44.5 Å². The van der Waals surface area contributed by atoms with Crippen molar-refractivity contribution in [1.82, 2.24) is 0 Å². The minimum atomic E-state index is 0.899. The van der Waals surface area contributed by atoms with Gasteiger partial charge in [-0.25, -0.2) is 0 Å². The summed E-state index contributed by atoms with van der Waals surface area (Å²) < 4.78 is 0. The minimum Gasteiger partial charge on any atom is -0.310 e. The number of rotatable bonds is 10. The van der Waals surface area contributed by atoms with Crippen molar-refractivity contribution in [2.45, 2.75) is 0 Å². The minimum absolute atomic E-state index is 0.899. The van der Waals surface area contributed by atoms with Crippen LogP contribution in [0.5, 0.6) is 0 Å². The van der Waals surface area contributed by atoms with Crippen LogP contribution in [0.2, 0.25) is 0 Å². The molecular formula is C70H44N2. The van der Waals surface area contributed by atoms with E-state index in [4.69, 9.17) is 0 Å². The molecule has 0 aliphatic rings. The summed E-state index contributed by atoms with van der Waals surface area (Å²) in [6.07, 6.45) is 0. The average molecular weight is 913 g/mol. The van der Waals surface area contributed by atoms with Crippen LogP contribution in [0.25, 0.3) is 87.6 Å². The van der Waals surface area contributed by atoms with Crippen LogP contribution in [0.4, 0.5) is 34.1 Å². The van der Waals surface area contributed by atoms with E-state index in [0.29, 0.717) is 0 Å². The fourth-order valence-electron chi connectivity index (χ4n) is 10.6. The summed E-state index contributed by atoms with van der Waals surface area (Å²) in [7, 11) is 0. The second-order valence-corrected chi connectivity index (χ2v) is 18.1. The van der Waals surface area contributed by atoms with E-state index in [-0.39, 0.29) is 0 Å². The Kier molecular flexibility index (Phi) is 10.7. The van der Waals surface area contributed by atoms with E-state index in [1.165, 1.54) is 33.0 Å². The first-order valence-electron chi connectivity index (χ1n) is 24.4. The average Bonchev–Trinajstić information content (AvgIpc) is 3.46. The lowest BCUT2D eigenvalue weighted by molar-refractivity contribution is 1.29. The number of hydrogen-bond donors (Lipinski definition) is 0. The lowest BCUT2D eigenvalue weighted by Crippen LogP contribution is -2.10. The fraction of sp³-hybridized carbons (Fsp3) is 0. The molecule has 13 aromatic rings. The van der Waals surface area contributed by atoms with E-state index < -0.39 is 0 Å². The predicted molar refractivity (Wildman–Crippen MR) is 303 cm³/mol. The van der Waals surface area contributed by atoms with Crippen molar-refractivity contribution in [2.75, 3.05) is 9.80 Å². The Hall–Kier alpha value is -9.86. The molecule has 0 heterocycles. The van der Waals surface area contributed by atoms with Gasteiger partial charge in [0.05, 0.1) is 5.69 Å². The zero-order valence-corrected chi connectivity index (χ0v) is 39.3. The number of hydrogen-bond acceptors (Lipinski definition) is 2. The molecule has 0 saturated heterocycles. The van der Waals surface area contributed by atoms with E-state index in [1.54, 1.807) is 0 Å². The molecule has 0 unspecified atom stereocenters. The molecule has 0 radical (unpaired) electrons. The van der Waals surface area contributed by atoms with Crippen molar-refractivity contribution < 1.29 is 0 Å². The van der Waals surface area contributed by atoms with Crippen molar-refractivity contribution in [1.29, 1.82) is 0 Å².